The third kappa shape index (κ3) is 5.07. The number of nitrogens with zero attached hydrogens (tertiary/aromatic N) is 4. The molecule has 0 bridgehead atoms. The van der Waals surface area contributed by atoms with Crippen molar-refractivity contribution in [3.8, 4) is 0 Å². The number of halogens is 1. The summed E-state index contributed by atoms with van der Waals surface area (Å²) in [6.45, 7) is 17.3. The van der Waals surface area contributed by atoms with Gasteiger partial charge >= 0.3 is 0 Å². The van der Waals surface area contributed by atoms with E-state index in [-0.39, 0.29) is 35.9 Å². The third-order valence-corrected chi connectivity index (χ3v) is 8.18. The molecular weight excluding hydrogens is 457 g/mol. The maximum atomic E-state index is 15.3. The van der Waals surface area contributed by atoms with Gasteiger partial charge in [0.15, 0.2) is 0 Å². The molecule has 3 aliphatic rings. The van der Waals surface area contributed by atoms with Crippen LogP contribution in [0.1, 0.15) is 72.6 Å². The summed E-state index contributed by atoms with van der Waals surface area (Å²) < 4.78 is 15.3. The van der Waals surface area contributed by atoms with Crippen LogP contribution in [-0.2, 0) is 20.7 Å². The first-order chi connectivity index (χ1) is 16.8. The number of piperazine rings is 1. The molecule has 0 aromatic carbocycles. The van der Waals surface area contributed by atoms with Crippen molar-refractivity contribution in [3.05, 3.63) is 34.7 Å². The van der Waals surface area contributed by atoms with Gasteiger partial charge in [-0.15, -0.1) is 0 Å². The summed E-state index contributed by atoms with van der Waals surface area (Å²) in [6, 6.07) is 2.09. The van der Waals surface area contributed by atoms with Gasteiger partial charge in [0, 0.05) is 67.6 Å². The first kappa shape index (κ1) is 26.7. The van der Waals surface area contributed by atoms with Crippen LogP contribution in [0.25, 0.3) is 0 Å². The number of hydrogen-bond donors (Lipinski definition) is 1. The number of hydrogen-bond acceptors (Lipinski definition) is 5. The summed E-state index contributed by atoms with van der Waals surface area (Å²) in [5.74, 6) is 0.0985. The van der Waals surface area contributed by atoms with Crippen molar-refractivity contribution in [2.75, 3.05) is 44.2 Å². The fourth-order valence-electron chi connectivity index (χ4n) is 5.82. The van der Waals surface area contributed by atoms with E-state index in [1.54, 1.807) is 19.2 Å². The molecule has 36 heavy (non-hydrogen) atoms. The van der Waals surface area contributed by atoms with E-state index in [4.69, 9.17) is 0 Å². The molecule has 1 fully saturated rings. The standard InChI is InChI=1S/C28H42FN5O2/c1-8-9-28(7,29)24-10-23-22(12-31-24)27(5,6)17-34(23)25(35)16-32-14-19(3)30-11-21(32)15-33-13-18(2)20(4)26(33)36/h10,12,19,21,30H,8-9,11,13-17H2,1-7H3/t19-,21-,28?/m1/s1. The number of amides is 2. The molecule has 8 heteroatoms. The van der Waals surface area contributed by atoms with E-state index < -0.39 is 5.67 Å². The van der Waals surface area contributed by atoms with E-state index in [2.05, 4.69) is 36.0 Å². The second-order valence-corrected chi connectivity index (χ2v) is 11.9. The minimum atomic E-state index is -1.53. The van der Waals surface area contributed by atoms with Crippen LogP contribution in [0, 0.1) is 0 Å². The molecule has 198 valence electrons. The second kappa shape index (κ2) is 9.86. The predicted octanol–water partition coefficient (Wildman–Crippen LogP) is 3.53. The minimum absolute atomic E-state index is 0.00682. The molecule has 1 aromatic heterocycles. The monoisotopic (exact) mass is 499 g/mol. The molecule has 4 heterocycles. The lowest BCUT2D eigenvalue weighted by Crippen LogP contribution is -2.61. The van der Waals surface area contributed by atoms with Gasteiger partial charge in [0.05, 0.1) is 17.9 Å². The molecule has 3 aliphatic heterocycles. The number of alkyl halides is 1. The number of carbonyl (C=O) groups is 2. The molecule has 2 amide bonds. The minimum Gasteiger partial charge on any atom is -0.333 e. The SMILES string of the molecule is CCCC(C)(F)c1cc2c(cn1)C(C)(C)CN2C(=O)CN1C[C@@H](C)NC[C@@H]1CN1CC(C)=C(C)C1=O. The Kier molecular flexibility index (Phi) is 7.32. The molecule has 1 unspecified atom stereocenters. The highest BCUT2D eigenvalue weighted by atomic mass is 19.1. The average Bonchev–Trinajstić information content (AvgIpc) is 3.22. The zero-order chi connectivity index (χ0) is 26.4. The molecule has 1 saturated heterocycles. The van der Waals surface area contributed by atoms with Crippen molar-refractivity contribution in [1.82, 2.24) is 20.1 Å². The Morgan fingerprint density at radius 3 is 2.69 bits per heavy atom. The lowest BCUT2D eigenvalue weighted by atomic mass is 9.87. The van der Waals surface area contributed by atoms with Gasteiger partial charge in [-0.05, 0) is 45.8 Å². The maximum Gasteiger partial charge on any atom is 0.249 e. The number of anilines is 1. The molecule has 1 aromatic rings. The Bertz CT molecular complexity index is 1070. The van der Waals surface area contributed by atoms with Gasteiger partial charge < -0.3 is 15.1 Å². The predicted molar refractivity (Wildman–Crippen MR) is 141 cm³/mol. The van der Waals surface area contributed by atoms with Crippen LogP contribution in [0.15, 0.2) is 23.4 Å². The second-order valence-electron chi connectivity index (χ2n) is 11.9. The van der Waals surface area contributed by atoms with Crippen molar-refractivity contribution in [2.24, 2.45) is 0 Å². The number of aromatic nitrogens is 1. The fraction of sp³-hybridized carbons (Fsp3) is 0.679. The highest BCUT2D eigenvalue weighted by Gasteiger charge is 2.41. The van der Waals surface area contributed by atoms with Crippen molar-refractivity contribution in [3.63, 3.8) is 0 Å². The molecule has 0 aliphatic carbocycles. The highest BCUT2D eigenvalue weighted by Crippen LogP contribution is 2.42. The molecule has 1 N–H and O–H groups in total. The van der Waals surface area contributed by atoms with Gasteiger partial charge in [0.2, 0.25) is 11.8 Å². The number of rotatable bonds is 7. The normalized spacial score (nSPS) is 25.9. The van der Waals surface area contributed by atoms with Gasteiger partial charge in [-0.1, -0.05) is 27.2 Å². The summed E-state index contributed by atoms with van der Waals surface area (Å²) in [6.07, 6.45) is 2.87. The van der Waals surface area contributed by atoms with Crippen LogP contribution >= 0.6 is 0 Å². The Labute approximate surface area is 215 Å². The molecule has 0 spiro atoms. The maximum absolute atomic E-state index is 15.3. The Morgan fingerprint density at radius 2 is 2.06 bits per heavy atom. The van der Waals surface area contributed by atoms with Gasteiger partial charge in [0.1, 0.15) is 5.67 Å². The lowest BCUT2D eigenvalue weighted by molar-refractivity contribution is -0.126. The van der Waals surface area contributed by atoms with E-state index in [0.29, 0.717) is 31.7 Å². The smallest absolute Gasteiger partial charge is 0.249 e. The molecule has 3 atom stereocenters. The number of fused-ring (bicyclic) bond motifs is 1. The lowest BCUT2D eigenvalue weighted by Gasteiger charge is -2.41. The zero-order valence-corrected chi connectivity index (χ0v) is 22.9. The van der Waals surface area contributed by atoms with Crippen molar-refractivity contribution >= 4 is 17.5 Å². The Balaban J connectivity index is 1.54. The van der Waals surface area contributed by atoms with Crippen LogP contribution in [0.3, 0.4) is 0 Å². The first-order valence-corrected chi connectivity index (χ1v) is 13.3. The average molecular weight is 500 g/mol. The third-order valence-electron chi connectivity index (χ3n) is 8.18. The summed E-state index contributed by atoms with van der Waals surface area (Å²) in [4.78, 5) is 36.8. The van der Waals surface area contributed by atoms with Crippen LogP contribution in [0.2, 0.25) is 0 Å². The van der Waals surface area contributed by atoms with Crippen molar-refractivity contribution in [2.45, 2.75) is 84.5 Å². The topological polar surface area (TPSA) is 68.8 Å². The molecule has 7 nitrogen and oxygen atoms in total. The summed E-state index contributed by atoms with van der Waals surface area (Å²) in [5, 5.41) is 3.51. The van der Waals surface area contributed by atoms with E-state index in [1.165, 1.54) is 0 Å². The first-order valence-electron chi connectivity index (χ1n) is 13.3. The molecular formula is C28H42FN5O2. The van der Waals surface area contributed by atoms with Gasteiger partial charge in [-0.3, -0.25) is 19.5 Å². The van der Waals surface area contributed by atoms with Crippen LogP contribution in [0.5, 0.6) is 0 Å². The van der Waals surface area contributed by atoms with Gasteiger partial charge in [-0.2, -0.15) is 0 Å². The van der Waals surface area contributed by atoms with E-state index >= 15 is 4.39 Å². The van der Waals surface area contributed by atoms with Crippen molar-refractivity contribution in [1.29, 1.82) is 0 Å². The largest absolute Gasteiger partial charge is 0.333 e. The summed E-state index contributed by atoms with van der Waals surface area (Å²) in [5.41, 5.74) is 2.31. The van der Waals surface area contributed by atoms with E-state index in [0.717, 1.165) is 41.9 Å². The molecule has 4 rings (SSSR count). The summed E-state index contributed by atoms with van der Waals surface area (Å²) in [7, 11) is 0. The Hall–Kier alpha value is -2.32. The fourth-order valence-corrected chi connectivity index (χ4v) is 5.82. The highest BCUT2D eigenvalue weighted by molar-refractivity contribution is 5.98. The summed E-state index contributed by atoms with van der Waals surface area (Å²) >= 11 is 0. The zero-order valence-electron chi connectivity index (χ0n) is 22.9. The van der Waals surface area contributed by atoms with Crippen molar-refractivity contribution < 1.29 is 14.0 Å². The van der Waals surface area contributed by atoms with E-state index in [1.807, 2.05) is 30.6 Å². The number of pyridine rings is 1. The number of nitrogens with one attached hydrogen (secondary N) is 1. The quantitative estimate of drug-likeness (QED) is 0.622. The van der Waals surface area contributed by atoms with Gasteiger partial charge in [-0.25, -0.2) is 4.39 Å². The molecule has 0 saturated carbocycles. The number of carbonyl (C=O) groups excluding carboxylic acids is 2. The van der Waals surface area contributed by atoms with E-state index in [9.17, 15) is 9.59 Å². The molecule has 0 radical (unpaired) electrons. The Morgan fingerprint density at radius 1 is 1.33 bits per heavy atom. The van der Waals surface area contributed by atoms with Gasteiger partial charge in [0.25, 0.3) is 0 Å². The van der Waals surface area contributed by atoms with Crippen LogP contribution < -0.4 is 10.2 Å². The van der Waals surface area contributed by atoms with Crippen LogP contribution in [0.4, 0.5) is 10.1 Å². The van der Waals surface area contributed by atoms with Crippen LogP contribution in [-0.4, -0.2) is 78.0 Å².